The number of rotatable bonds is 3. The summed E-state index contributed by atoms with van der Waals surface area (Å²) < 4.78 is 39.5. The summed E-state index contributed by atoms with van der Waals surface area (Å²) in [6, 6.07) is 17.6. The van der Waals surface area contributed by atoms with Crippen LogP contribution in [0.3, 0.4) is 0 Å². The van der Waals surface area contributed by atoms with Crippen molar-refractivity contribution in [1.82, 2.24) is 9.78 Å². The maximum Gasteiger partial charge on any atom is 0.408 e. The Balaban J connectivity index is 2.18. The molecule has 2 aromatic carbocycles. The third-order valence-electron chi connectivity index (χ3n) is 3.32. The number of nitrogens with zero attached hydrogens (tertiary/aromatic N) is 2. The van der Waals surface area contributed by atoms with Crippen molar-refractivity contribution in [2.24, 2.45) is 0 Å². The second kappa shape index (κ2) is 6.08. The van der Waals surface area contributed by atoms with Crippen molar-refractivity contribution >= 4 is 11.6 Å². The summed E-state index contributed by atoms with van der Waals surface area (Å²) in [6.45, 7) is -1.19. The Morgan fingerprint density at radius 2 is 1.39 bits per heavy atom. The average molecular weight is 337 g/mol. The molecule has 0 atom stereocenters. The minimum absolute atomic E-state index is 0.214. The number of hydrogen-bond donors (Lipinski definition) is 0. The fourth-order valence-electron chi connectivity index (χ4n) is 2.38. The molecule has 3 aromatic rings. The quantitative estimate of drug-likeness (QED) is 0.623. The van der Waals surface area contributed by atoms with Crippen LogP contribution in [0.1, 0.15) is 0 Å². The monoisotopic (exact) mass is 336 g/mol. The van der Waals surface area contributed by atoms with E-state index in [9.17, 15) is 13.2 Å². The molecule has 0 aliphatic rings. The van der Waals surface area contributed by atoms with E-state index in [2.05, 4.69) is 5.10 Å². The largest absolute Gasteiger partial charge is 0.408 e. The van der Waals surface area contributed by atoms with Gasteiger partial charge in [-0.15, -0.1) is 0 Å². The molecule has 0 spiro atoms. The van der Waals surface area contributed by atoms with Gasteiger partial charge in [-0.05, 0) is 0 Å². The van der Waals surface area contributed by atoms with Gasteiger partial charge in [0.25, 0.3) is 0 Å². The minimum atomic E-state index is -4.38. The molecule has 0 unspecified atom stereocenters. The third-order valence-corrected chi connectivity index (χ3v) is 3.68. The highest BCUT2D eigenvalue weighted by molar-refractivity contribution is 6.35. The zero-order valence-electron chi connectivity index (χ0n) is 11.9. The molecule has 0 saturated heterocycles. The Kier molecular flexibility index (Phi) is 4.13. The maximum atomic E-state index is 12.9. The van der Waals surface area contributed by atoms with E-state index < -0.39 is 12.7 Å². The predicted molar refractivity (Wildman–Crippen MR) is 84.2 cm³/mol. The van der Waals surface area contributed by atoms with Gasteiger partial charge in [-0.3, -0.25) is 4.68 Å². The lowest BCUT2D eigenvalue weighted by Crippen LogP contribution is -2.19. The molecule has 0 N–H and O–H groups in total. The number of halogens is 4. The van der Waals surface area contributed by atoms with E-state index in [1.165, 1.54) is 0 Å². The number of benzene rings is 2. The minimum Gasteiger partial charge on any atom is -0.254 e. The Bertz CT molecular complexity index is 796. The summed E-state index contributed by atoms with van der Waals surface area (Å²) in [4.78, 5) is 0. The van der Waals surface area contributed by atoms with Crippen LogP contribution in [0.2, 0.25) is 5.02 Å². The molecule has 0 aliphatic carbocycles. The van der Waals surface area contributed by atoms with Crippen molar-refractivity contribution in [1.29, 1.82) is 0 Å². The second-order valence-electron chi connectivity index (χ2n) is 5.02. The Hall–Kier alpha value is -2.27. The first-order valence-electron chi connectivity index (χ1n) is 6.89. The standard InChI is InChI=1S/C17H12ClF3N2/c18-14-15(12-7-3-1-4-8-12)22-23(11-17(19,20)21)16(14)13-9-5-2-6-10-13/h1-10H,11H2. The highest BCUT2D eigenvalue weighted by Crippen LogP contribution is 2.37. The summed E-state index contributed by atoms with van der Waals surface area (Å²) in [7, 11) is 0. The molecule has 1 aromatic heterocycles. The van der Waals surface area contributed by atoms with Gasteiger partial charge in [0.2, 0.25) is 0 Å². The van der Waals surface area contributed by atoms with Crippen LogP contribution in [0.15, 0.2) is 60.7 Å². The van der Waals surface area contributed by atoms with E-state index >= 15 is 0 Å². The van der Waals surface area contributed by atoms with Crippen LogP contribution < -0.4 is 0 Å². The normalized spacial score (nSPS) is 11.7. The fourth-order valence-corrected chi connectivity index (χ4v) is 2.73. The number of alkyl halides is 3. The lowest BCUT2D eigenvalue weighted by Gasteiger charge is -2.10. The summed E-state index contributed by atoms with van der Waals surface area (Å²) in [5.74, 6) is 0. The van der Waals surface area contributed by atoms with Gasteiger partial charge in [0, 0.05) is 11.1 Å². The van der Waals surface area contributed by atoms with Crippen LogP contribution in [0, 0.1) is 0 Å². The van der Waals surface area contributed by atoms with E-state index in [1.807, 2.05) is 6.07 Å². The summed E-state index contributed by atoms with van der Waals surface area (Å²) in [5.41, 5.74) is 1.88. The van der Waals surface area contributed by atoms with Crippen LogP contribution in [-0.4, -0.2) is 16.0 Å². The molecular weight excluding hydrogens is 325 g/mol. The zero-order chi connectivity index (χ0) is 16.4. The first kappa shape index (κ1) is 15.6. The fraction of sp³-hybridized carbons (Fsp3) is 0.118. The van der Waals surface area contributed by atoms with Crippen LogP contribution >= 0.6 is 11.6 Å². The summed E-state index contributed by atoms with van der Waals surface area (Å²) >= 11 is 6.38. The highest BCUT2D eigenvalue weighted by atomic mass is 35.5. The molecule has 118 valence electrons. The highest BCUT2D eigenvalue weighted by Gasteiger charge is 2.31. The van der Waals surface area contributed by atoms with Crippen molar-refractivity contribution in [2.75, 3.05) is 0 Å². The lowest BCUT2D eigenvalue weighted by molar-refractivity contribution is -0.142. The molecule has 0 saturated carbocycles. The number of hydrogen-bond acceptors (Lipinski definition) is 1. The Morgan fingerprint density at radius 1 is 0.870 bits per heavy atom. The molecule has 0 radical (unpaired) electrons. The molecule has 2 nitrogen and oxygen atoms in total. The summed E-state index contributed by atoms with van der Waals surface area (Å²) in [5, 5.41) is 4.32. The molecule has 0 bridgehead atoms. The van der Waals surface area contributed by atoms with Gasteiger partial charge in [-0.1, -0.05) is 72.3 Å². The van der Waals surface area contributed by atoms with Crippen molar-refractivity contribution in [3.63, 3.8) is 0 Å². The van der Waals surface area contributed by atoms with Gasteiger partial charge in [0.15, 0.2) is 0 Å². The SMILES string of the molecule is FC(F)(F)Cn1nc(-c2ccccc2)c(Cl)c1-c1ccccc1. The molecule has 1 heterocycles. The molecule has 0 fully saturated rings. The van der Waals surface area contributed by atoms with Gasteiger partial charge >= 0.3 is 6.18 Å². The molecule has 23 heavy (non-hydrogen) atoms. The van der Waals surface area contributed by atoms with Gasteiger partial charge < -0.3 is 0 Å². The first-order chi connectivity index (χ1) is 11.0. The van der Waals surface area contributed by atoms with Gasteiger partial charge in [0.1, 0.15) is 12.2 Å². The Labute approximate surface area is 136 Å². The summed E-state index contributed by atoms with van der Waals surface area (Å²) in [6.07, 6.45) is -4.38. The average Bonchev–Trinajstić information content (AvgIpc) is 2.83. The van der Waals surface area contributed by atoms with E-state index in [1.54, 1.807) is 54.6 Å². The van der Waals surface area contributed by atoms with Crippen molar-refractivity contribution in [3.8, 4) is 22.5 Å². The lowest BCUT2D eigenvalue weighted by atomic mass is 10.1. The van der Waals surface area contributed by atoms with Gasteiger partial charge in [-0.2, -0.15) is 18.3 Å². The van der Waals surface area contributed by atoms with Crippen LogP contribution in [0.4, 0.5) is 13.2 Å². The van der Waals surface area contributed by atoms with E-state index in [0.717, 1.165) is 4.68 Å². The van der Waals surface area contributed by atoms with Crippen LogP contribution in [0.25, 0.3) is 22.5 Å². The molecule has 6 heteroatoms. The van der Waals surface area contributed by atoms with Gasteiger partial charge in [-0.25, -0.2) is 0 Å². The molecular formula is C17H12ClF3N2. The molecule has 0 aliphatic heterocycles. The van der Waals surface area contributed by atoms with E-state index in [4.69, 9.17) is 11.6 Å². The molecule has 3 rings (SSSR count). The predicted octanol–water partition coefficient (Wildman–Crippen LogP) is 5.43. The van der Waals surface area contributed by atoms with Crippen molar-refractivity contribution in [2.45, 2.75) is 12.7 Å². The number of aromatic nitrogens is 2. The van der Waals surface area contributed by atoms with E-state index in [0.29, 0.717) is 16.8 Å². The second-order valence-corrected chi connectivity index (χ2v) is 5.39. The molecule has 0 amide bonds. The van der Waals surface area contributed by atoms with Crippen molar-refractivity contribution in [3.05, 3.63) is 65.7 Å². The smallest absolute Gasteiger partial charge is 0.254 e. The van der Waals surface area contributed by atoms with Crippen molar-refractivity contribution < 1.29 is 13.2 Å². The maximum absolute atomic E-state index is 12.9. The zero-order valence-corrected chi connectivity index (χ0v) is 12.6. The topological polar surface area (TPSA) is 17.8 Å². The van der Waals surface area contributed by atoms with Crippen LogP contribution in [-0.2, 0) is 6.54 Å². The van der Waals surface area contributed by atoms with E-state index in [-0.39, 0.29) is 10.7 Å². The third kappa shape index (κ3) is 3.40. The Morgan fingerprint density at radius 3 is 1.91 bits per heavy atom. The first-order valence-corrected chi connectivity index (χ1v) is 7.27. The van der Waals surface area contributed by atoms with Gasteiger partial charge in [0.05, 0.1) is 10.7 Å². The van der Waals surface area contributed by atoms with Crippen LogP contribution in [0.5, 0.6) is 0 Å².